The Labute approximate surface area is 142 Å². The molecule has 128 valence electrons. The second kappa shape index (κ2) is 6.76. The number of rotatable bonds is 5. The number of carboxylic acids is 1. The van der Waals surface area contributed by atoms with E-state index in [0.29, 0.717) is 16.5 Å². The van der Waals surface area contributed by atoms with Crippen LogP contribution in [-0.2, 0) is 11.4 Å². The number of carboxylic acid groups (broad SMARTS) is 1. The topological polar surface area (TPSA) is 68.5 Å². The van der Waals surface area contributed by atoms with Crippen LogP contribution in [0.4, 0.5) is 4.39 Å². The van der Waals surface area contributed by atoms with Crippen molar-refractivity contribution in [1.82, 2.24) is 4.57 Å². The van der Waals surface area contributed by atoms with E-state index in [1.54, 1.807) is 36.4 Å². The number of fused-ring (bicyclic) bond motifs is 1. The van der Waals surface area contributed by atoms with E-state index in [2.05, 4.69) is 0 Å². The molecule has 0 bridgehead atoms. The van der Waals surface area contributed by atoms with Crippen LogP contribution in [0.5, 0.6) is 5.75 Å². The Morgan fingerprint density at radius 3 is 2.60 bits per heavy atom. The van der Waals surface area contributed by atoms with Crippen LogP contribution in [0.15, 0.2) is 59.5 Å². The average molecular weight is 341 g/mol. The van der Waals surface area contributed by atoms with Gasteiger partial charge in [-0.1, -0.05) is 12.1 Å². The van der Waals surface area contributed by atoms with Crippen LogP contribution < -0.4 is 10.3 Å². The quantitative estimate of drug-likeness (QED) is 0.772. The molecule has 1 atom stereocenters. The Morgan fingerprint density at radius 2 is 1.92 bits per heavy atom. The molecule has 0 saturated heterocycles. The van der Waals surface area contributed by atoms with E-state index in [0.717, 1.165) is 5.56 Å². The predicted octanol–water partition coefficient (Wildman–Crippen LogP) is 3.37. The van der Waals surface area contributed by atoms with Crippen molar-refractivity contribution in [2.75, 3.05) is 0 Å². The van der Waals surface area contributed by atoms with Gasteiger partial charge in [-0.05, 0) is 54.3 Å². The maximum absolute atomic E-state index is 12.9. The van der Waals surface area contributed by atoms with Gasteiger partial charge in [0.25, 0.3) is 5.56 Å². The molecule has 3 aromatic rings. The predicted molar refractivity (Wildman–Crippen MR) is 91.3 cm³/mol. The number of halogens is 1. The van der Waals surface area contributed by atoms with E-state index in [1.165, 1.54) is 29.8 Å². The first-order valence-electron chi connectivity index (χ1n) is 7.70. The number of hydrogen-bond acceptors (Lipinski definition) is 3. The molecule has 1 heterocycles. The smallest absolute Gasteiger partial charge is 0.326 e. The molecule has 0 amide bonds. The minimum absolute atomic E-state index is 0.277. The lowest BCUT2D eigenvalue weighted by Crippen LogP contribution is -2.27. The molecule has 0 saturated carbocycles. The third-order valence-electron chi connectivity index (χ3n) is 4.00. The number of aromatic nitrogens is 1. The second-order valence-electron chi connectivity index (χ2n) is 5.71. The summed E-state index contributed by atoms with van der Waals surface area (Å²) in [4.78, 5) is 23.5. The zero-order chi connectivity index (χ0) is 18.0. The fourth-order valence-corrected chi connectivity index (χ4v) is 2.50. The Morgan fingerprint density at radius 1 is 1.20 bits per heavy atom. The molecular formula is C19H16FNO4. The molecule has 3 rings (SSSR count). The molecule has 1 N–H and O–H groups in total. The lowest BCUT2D eigenvalue weighted by Gasteiger charge is -2.12. The third-order valence-corrected chi connectivity index (χ3v) is 4.00. The molecule has 2 aromatic carbocycles. The third kappa shape index (κ3) is 3.52. The molecule has 0 aliphatic rings. The number of ether oxygens (including phenoxy) is 1. The summed E-state index contributed by atoms with van der Waals surface area (Å²) < 4.78 is 19.7. The number of aliphatic carboxylic acids is 1. The van der Waals surface area contributed by atoms with Gasteiger partial charge in [0.15, 0.2) is 0 Å². The van der Waals surface area contributed by atoms with Gasteiger partial charge < -0.3 is 14.4 Å². The van der Waals surface area contributed by atoms with Crippen LogP contribution >= 0.6 is 0 Å². The van der Waals surface area contributed by atoms with Crippen LogP contribution in [0.1, 0.15) is 18.5 Å². The molecule has 0 spiro atoms. The van der Waals surface area contributed by atoms with E-state index >= 15 is 0 Å². The van der Waals surface area contributed by atoms with Crippen molar-refractivity contribution in [3.05, 3.63) is 76.5 Å². The number of nitrogens with zero attached hydrogens (tertiary/aromatic N) is 1. The van der Waals surface area contributed by atoms with Gasteiger partial charge >= 0.3 is 5.97 Å². The van der Waals surface area contributed by atoms with Gasteiger partial charge in [-0.2, -0.15) is 0 Å². The van der Waals surface area contributed by atoms with Crippen molar-refractivity contribution in [2.45, 2.75) is 19.6 Å². The zero-order valence-corrected chi connectivity index (χ0v) is 13.5. The fraction of sp³-hybridized carbons (Fsp3) is 0.158. The summed E-state index contributed by atoms with van der Waals surface area (Å²) in [5.74, 6) is -0.803. The SMILES string of the molecule is CC(C(=O)O)n1ccc2cc(OCc3ccc(F)cc3)ccc2c1=O. The summed E-state index contributed by atoms with van der Waals surface area (Å²) in [5, 5.41) is 10.2. The summed E-state index contributed by atoms with van der Waals surface area (Å²) in [5.41, 5.74) is 0.463. The fourth-order valence-electron chi connectivity index (χ4n) is 2.50. The number of hydrogen-bond donors (Lipinski definition) is 1. The lowest BCUT2D eigenvalue weighted by atomic mass is 10.1. The van der Waals surface area contributed by atoms with Crippen LogP contribution in [0.25, 0.3) is 10.8 Å². The molecule has 0 aliphatic carbocycles. The maximum Gasteiger partial charge on any atom is 0.326 e. The van der Waals surface area contributed by atoms with E-state index in [1.807, 2.05) is 0 Å². The second-order valence-corrected chi connectivity index (χ2v) is 5.71. The Hall–Kier alpha value is -3.15. The van der Waals surface area contributed by atoms with Crippen LogP contribution in [0.2, 0.25) is 0 Å². The van der Waals surface area contributed by atoms with Gasteiger partial charge in [0.05, 0.1) is 0 Å². The molecule has 0 aliphatic heterocycles. The van der Waals surface area contributed by atoms with E-state index in [4.69, 9.17) is 9.84 Å². The van der Waals surface area contributed by atoms with Gasteiger partial charge in [0.1, 0.15) is 24.2 Å². The van der Waals surface area contributed by atoms with Crippen LogP contribution in [0.3, 0.4) is 0 Å². The Kier molecular flexibility index (Phi) is 4.52. The Bertz CT molecular complexity index is 979. The highest BCUT2D eigenvalue weighted by Crippen LogP contribution is 2.20. The van der Waals surface area contributed by atoms with Crippen LogP contribution in [-0.4, -0.2) is 15.6 Å². The molecule has 6 heteroatoms. The largest absolute Gasteiger partial charge is 0.489 e. The first kappa shape index (κ1) is 16.7. The van der Waals surface area contributed by atoms with Crippen molar-refractivity contribution in [1.29, 1.82) is 0 Å². The molecule has 1 unspecified atom stereocenters. The molecule has 0 fully saturated rings. The molecular weight excluding hydrogens is 325 g/mol. The molecule has 1 aromatic heterocycles. The van der Waals surface area contributed by atoms with Crippen molar-refractivity contribution < 1.29 is 19.0 Å². The first-order valence-corrected chi connectivity index (χ1v) is 7.70. The highest BCUT2D eigenvalue weighted by atomic mass is 19.1. The highest BCUT2D eigenvalue weighted by molar-refractivity contribution is 5.83. The normalized spacial score (nSPS) is 12.1. The van der Waals surface area contributed by atoms with Gasteiger partial charge in [-0.15, -0.1) is 0 Å². The molecule has 5 nitrogen and oxygen atoms in total. The summed E-state index contributed by atoms with van der Waals surface area (Å²) in [6.07, 6.45) is 1.47. The highest BCUT2D eigenvalue weighted by Gasteiger charge is 2.15. The van der Waals surface area contributed by atoms with Crippen LogP contribution in [0, 0.1) is 5.82 Å². The van der Waals surface area contributed by atoms with Crippen molar-refractivity contribution in [3.63, 3.8) is 0 Å². The number of benzene rings is 2. The van der Waals surface area contributed by atoms with Gasteiger partial charge in [0, 0.05) is 11.6 Å². The number of pyridine rings is 1. The van der Waals surface area contributed by atoms with E-state index in [-0.39, 0.29) is 18.0 Å². The summed E-state index contributed by atoms with van der Waals surface area (Å²) >= 11 is 0. The monoisotopic (exact) mass is 341 g/mol. The van der Waals surface area contributed by atoms with Gasteiger partial charge in [-0.25, -0.2) is 9.18 Å². The Balaban J connectivity index is 1.85. The van der Waals surface area contributed by atoms with E-state index in [9.17, 15) is 14.0 Å². The van der Waals surface area contributed by atoms with Crippen molar-refractivity contribution in [3.8, 4) is 5.75 Å². The standard InChI is InChI=1S/C19H16FNO4/c1-12(19(23)24)21-9-8-14-10-16(6-7-17(14)18(21)22)25-11-13-2-4-15(20)5-3-13/h2-10,12H,11H2,1H3,(H,23,24). The van der Waals surface area contributed by atoms with Gasteiger partial charge in [0.2, 0.25) is 0 Å². The van der Waals surface area contributed by atoms with Gasteiger partial charge in [-0.3, -0.25) is 4.79 Å². The van der Waals surface area contributed by atoms with Crippen molar-refractivity contribution >= 4 is 16.7 Å². The van der Waals surface area contributed by atoms with Crippen molar-refractivity contribution in [2.24, 2.45) is 0 Å². The first-order chi connectivity index (χ1) is 12.0. The molecule has 25 heavy (non-hydrogen) atoms. The minimum atomic E-state index is -1.07. The minimum Gasteiger partial charge on any atom is -0.489 e. The summed E-state index contributed by atoms with van der Waals surface area (Å²) in [6.45, 7) is 1.73. The summed E-state index contributed by atoms with van der Waals surface area (Å²) in [7, 11) is 0. The average Bonchev–Trinajstić information content (AvgIpc) is 2.61. The summed E-state index contributed by atoms with van der Waals surface area (Å²) in [6, 6.07) is 11.7. The maximum atomic E-state index is 12.9. The molecule has 0 radical (unpaired) electrons. The zero-order valence-electron chi connectivity index (χ0n) is 13.5. The number of carbonyl (C=O) groups is 1. The van der Waals surface area contributed by atoms with E-state index < -0.39 is 12.0 Å². The lowest BCUT2D eigenvalue weighted by molar-refractivity contribution is -0.140.